The normalized spacial score (nSPS) is 17.1. The topological polar surface area (TPSA) is 73.3 Å². The van der Waals surface area contributed by atoms with Crippen LogP contribution in [0.25, 0.3) is 11.6 Å². The smallest absolute Gasteiger partial charge is 0.241 e. The van der Waals surface area contributed by atoms with Crippen LogP contribution >= 0.6 is 0 Å². The van der Waals surface area contributed by atoms with Crippen molar-refractivity contribution in [1.82, 2.24) is 15.5 Å². The molecule has 6 heteroatoms. The minimum atomic E-state index is 0.0624. The molecule has 1 aliphatic heterocycles. The zero-order chi connectivity index (χ0) is 15.5. The number of nitrogens with one attached hydrogen (secondary N) is 1. The van der Waals surface area contributed by atoms with Gasteiger partial charge in [-0.3, -0.25) is 0 Å². The van der Waals surface area contributed by atoms with Gasteiger partial charge in [0.1, 0.15) is 0 Å². The van der Waals surface area contributed by atoms with E-state index in [2.05, 4.69) is 33.7 Å². The molecule has 0 aliphatic carbocycles. The van der Waals surface area contributed by atoms with Crippen LogP contribution in [0.1, 0.15) is 23.1 Å². The van der Waals surface area contributed by atoms with Gasteiger partial charge in [-0.05, 0) is 29.7 Å². The molecular weight excluding hydrogens is 294 g/mol. The quantitative estimate of drug-likeness (QED) is 0.781. The van der Waals surface area contributed by atoms with Crippen LogP contribution in [0, 0.1) is 0 Å². The Bertz CT molecular complexity index is 767. The molecule has 3 heterocycles. The molecule has 4 rings (SSSR count). The minimum absolute atomic E-state index is 0.0624. The summed E-state index contributed by atoms with van der Waals surface area (Å²) in [5.74, 6) is 1.59. The Balaban J connectivity index is 1.36. The maximum atomic E-state index is 5.86. The molecule has 2 aromatic heterocycles. The van der Waals surface area contributed by atoms with E-state index in [1.54, 1.807) is 18.4 Å². The number of nitrogens with zero attached hydrogens (tertiary/aromatic N) is 2. The highest BCUT2D eigenvalue weighted by molar-refractivity contribution is 5.44. The van der Waals surface area contributed by atoms with Gasteiger partial charge in [-0.15, -0.1) is 0 Å². The summed E-state index contributed by atoms with van der Waals surface area (Å²) >= 11 is 0. The number of fused-ring (bicyclic) bond motifs is 1. The van der Waals surface area contributed by atoms with Crippen molar-refractivity contribution >= 4 is 0 Å². The Morgan fingerprint density at radius 1 is 1.17 bits per heavy atom. The average molecular weight is 311 g/mol. The molecule has 1 aromatic carbocycles. The molecule has 0 amide bonds. The van der Waals surface area contributed by atoms with Crippen LogP contribution in [0.4, 0.5) is 0 Å². The number of ether oxygens (including phenoxy) is 1. The van der Waals surface area contributed by atoms with Crippen molar-refractivity contribution in [2.75, 3.05) is 13.2 Å². The first-order valence-corrected chi connectivity index (χ1v) is 7.67. The van der Waals surface area contributed by atoms with Gasteiger partial charge in [-0.2, -0.15) is 4.98 Å². The molecule has 0 spiro atoms. The lowest BCUT2D eigenvalue weighted by Gasteiger charge is -2.26. The summed E-state index contributed by atoms with van der Waals surface area (Å²) < 4.78 is 16.3. The standard InChI is InChI=1S/C17H17N3O3/c1-2-5-13-12(4-1)7-9-22-15(13)10-18-11-16-19-17(20-23-16)14-6-3-8-21-14/h1-6,8,15,18H,7,9-11H2/t15-/m1/s1. The van der Waals surface area contributed by atoms with E-state index in [-0.39, 0.29) is 6.10 Å². The molecule has 0 bridgehead atoms. The number of benzene rings is 1. The maximum Gasteiger partial charge on any atom is 0.241 e. The third kappa shape index (κ3) is 3.04. The molecular formula is C17H17N3O3. The van der Waals surface area contributed by atoms with Gasteiger partial charge in [0.15, 0.2) is 5.76 Å². The lowest BCUT2D eigenvalue weighted by atomic mass is 9.97. The first-order chi connectivity index (χ1) is 11.4. The molecule has 23 heavy (non-hydrogen) atoms. The minimum Gasteiger partial charge on any atom is -0.461 e. The average Bonchev–Trinajstić information content (AvgIpc) is 3.26. The fourth-order valence-electron chi connectivity index (χ4n) is 2.79. The summed E-state index contributed by atoms with van der Waals surface area (Å²) in [6, 6.07) is 12.0. The second-order valence-electron chi connectivity index (χ2n) is 5.43. The van der Waals surface area contributed by atoms with Crippen LogP contribution in [-0.4, -0.2) is 23.3 Å². The summed E-state index contributed by atoms with van der Waals surface area (Å²) in [7, 11) is 0. The fourth-order valence-corrected chi connectivity index (χ4v) is 2.79. The second kappa shape index (κ2) is 6.36. The van der Waals surface area contributed by atoms with E-state index >= 15 is 0 Å². The highest BCUT2D eigenvalue weighted by Crippen LogP contribution is 2.26. The van der Waals surface area contributed by atoms with Crippen molar-refractivity contribution in [2.24, 2.45) is 0 Å². The molecule has 118 valence electrons. The summed E-state index contributed by atoms with van der Waals surface area (Å²) in [5.41, 5.74) is 2.62. The van der Waals surface area contributed by atoms with Crippen LogP contribution in [0.2, 0.25) is 0 Å². The van der Waals surface area contributed by atoms with Gasteiger partial charge in [-0.1, -0.05) is 29.4 Å². The SMILES string of the molecule is c1coc(-c2noc(CNC[C@H]3OCCc4ccccc43)n2)c1. The Labute approximate surface area is 133 Å². The predicted octanol–water partition coefficient (Wildman–Crippen LogP) is 2.73. The highest BCUT2D eigenvalue weighted by atomic mass is 16.5. The molecule has 0 saturated heterocycles. The van der Waals surface area contributed by atoms with Crippen molar-refractivity contribution in [1.29, 1.82) is 0 Å². The lowest BCUT2D eigenvalue weighted by Crippen LogP contribution is -2.27. The lowest BCUT2D eigenvalue weighted by molar-refractivity contribution is 0.0419. The van der Waals surface area contributed by atoms with Gasteiger partial charge < -0.3 is 19.0 Å². The van der Waals surface area contributed by atoms with Crippen molar-refractivity contribution < 1.29 is 13.7 Å². The highest BCUT2D eigenvalue weighted by Gasteiger charge is 2.20. The van der Waals surface area contributed by atoms with Crippen LogP contribution < -0.4 is 5.32 Å². The maximum absolute atomic E-state index is 5.86. The van der Waals surface area contributed by atoms with Gasteiger partial charge in [0.2, 0.25) is 11.7 Å². The Morgan fingerprint density at radius 3 is 3.04 bits per heavy atom. The molecule has 3 aromatic rings. The van der Waals surface area contributed by atoms with E-state index < -0.39 is 0 Å². The summed E-state index contributed by atoms with van der Waals surface area (Å²) in [5, 5.41) is 7.23. The molecule has 1 atom stereocenters. The van der Waals surface area contributed by atoms with Crippen molar-refractivity contribution in [3.8, 4) is 11.6 Å². The molecule has 0 unspecified atom stereocenters. The summed E-state index contributed by atoms with van der Waals surface area (Å²) in [6.45, 7) is 1.96. The first kappa shape index (κ1) is 14.2. The van der Waals surface area contributed by atoms with E-state index in [1.165, 1.54) is 11.1 Å². The predicted molar refractivity (Wildman–Crippen MR) is 82.5 cm³/mol. The fraction of sp³-hybridized carbons (Fsp3) is 0.294. The second-order valence-corrected chi connectivity index (χ2v) is 5.43. The monoisotopic (exact) mass is 311 g/mol. The number of rotatable bonds is 5. The van der Waals surface area contributed by atoms with Gasteiger partial charge in [0, 0.05) is 6.54 Å². The van der Waals surface area contributed by atoms with Crippen LogP contribution in [-0.2, 0) is 17.7 Å². The Kier molecular flexibility index (Phi) is 3.92. The molecule has 1 N–H and O–H groups in total. The van der Waals surface area contributed by atoms with E-state index in [1.807, 2.05) is 6.07 Å². The van der Waals surface area contributed by atoms with Crippen molar-refractivity contribution in [3.63, 3.8) is 0 Å². The number of hydrogen-bond donors (Lipinski definition) is 1. The third-order valence-electron chi connectivity index (χ3n) is 3.91. The van der Waals surface area contributed by atoms with Crippen molar-refractivity contribution in [2.45, 2.75) is 19.1 Å². The molecule has 0 fully saturated rings. The van der Waals surface area contributed by atoms with Gasteiger partial charge >= 0.3 is 0 Å². The first-order valence-electron chi connectivity index (χ1n) is 7.67. The van der Waals surface area contributed by atoms with E-state index in [9.17, 15) is 0 Å². The van der Waals surface area contributed by atoms with Gasteiger partial charge in [0.25, 0.3) is 0 Å². The zero-order valence-corrected chi connectivity index (χ0v) is 12.6. The molecule has 0 saturated carbocycles. The zero-order valence-electron chi connectivity index (χ0n) is 12.6. The van der Waals surface area contributed by atoms with Gasteiger partial charge in [-0.25, -0.2) is 0 Å². The van der Waals surface area contributed by atoms with E-state index in [4.69, 9.17) is 13.7 Å². The summed E-state index contributed by atoms with van der Waals surface area (Å²) in [4.78, 5) is 4.30. The molecule has 6 nitrogen and oxygen atoms in total. The number of hydrogen-bond acceptors (Lipinski definition) is 6. The van der Waals surface area contributed by atoms with Gasteiger partial charge in [0.05, 0.1) is 25.5 Å². The molecule has 1 aliphatic rings. The summed E-state index contributed by atoms with van der Waals surface area (Å²) in [6.07, 6.45) is 2.62. The Morgan fingerprint density at radius 2 is 2.13 bits per heavy atom. The number of furan rings is 1. The van der Waals surface area contributed by atoms with E-state index in [0.29, 0.717) is 30.6 Å². The van der Waals surface area contributed by atoms with Crippen LogP contribution in [0.15, 0.2) is 51.6 Å². The largest absolute Gasteiger partial charge is 0.461 e. The van der Waals surface area contributed by atoms with Crippen molar-refractivity contribution in [3.05, 3.63) is 59.7 Å². The van der Waals surface area contributed by atoms with E-state index in [0.717, 1.165) is 13.0 Å². The van der Waals surface area contributed by atoms with Crippen LogP contribution in [0.5, 0.6) is 0 Å². The Hall–Kier alpha value is -2.44. The number of aromatic nitrogens is 2. The molecule has 0 radical (unpaired) electrons. The van der Waals surface area contributed by atoms with Crippen LogP contribution in [0.3, 0.4) is 0 Å². The third-order valence-corrected chi connectivity index (χ3v) is 3.91.